The number of nitro groups is 1. The first-order chi connectivity index (χ1) is 12.1. The highest BCUT2D eigenvalue weighted by atomic mass is 16.7. The van der Waals surface area contributed by atoms with E-state index >= 15 is 0 Å². The third kappa shape index (κ3) is 2.88. The van der Waals surface area contributed by atoms with Crippen LogP contribution >= 0.6 is 0 Å². The highest BCUT2D eigenvalue weighted by Gasteiger charge is 2.29. The molecule has 7 heteroatoms. The summed E-state index contributed by atoms with van der Waals surface area (Å²) >= 11 is 0. The van der Waals surface area contributed by atoms with E-state index in [0.717, 1.165) is 23.5 Å². The van der Waals surface area contributed by atoms with Crippen molar-refractivity contribution in [1.82, 2.24) is 4.90 Å². The molecule has 2 aromatic rings. The molecule has 4 rings (SSSR count). The molecule has 0 radical (unpaired) electrons. The van der Waals surface area contributed by atoms with Gasteiger partial charge in [-0.2, -0.15) is 0 Å². The zero-order chi connectivity index (χ0) is 17.4. The van der Waals surface area contributed by atoms with E-state index in [4.69, 9.17) is 9.47 Å². The van der Waals surface area contributed by atoms with Crippen molar-refractivity contribution in [1.29, 1.82) is 0 Å². The predicted molar refractivity (Wildman–Crippen MR) is 88.9 cm³/mol. The van der Waals surface area contributed by atoms with Gasteiger partial charge in [0.25, 0.3) is 11.6 Å². The average molecular weight is 340 g/mol. The number of amides is 1. The first kappa shape index (κ1) is 15.4. The Morgan fingerprint density at radius 2 is 1.88 bits per heavy atom. The molecule has 0 bridgehead atoms. The molecular weight excluding hydrogens is 324 g/mol. The van der Waals surface area contributed by atoms with Crippen LogP contribution in [0.2, 0.25) is 0 Å². The van der Waals surface area contributed by atoms with Crippen LogP contribution in [0.25, 0.3) is 0 Å². The van der Waals surface area contributed by atoms with Crippen molar-refractivity contribution >= 4 is 11.6 Å². The number of nitro benzene ring substituents is 1. The summed E-state index contributed by atoms with van der Waals surface area (Å²) in [6.07, 6.45) is 0.873. The number of non-ortho nitro benzene ring substituents is 1. The molecule has 1 atom stereocenters. The molecule has 2 aliphatic heterocycles. The lowest BCUT2D eigenvalue weighted by atomic mass is 9.98. The number of carbonyl (C=O) groups excluding carboxylic acids is 1. The molecular formula is C18H16N2O5. The van der Waals surface area contributed by atoms with Crippen molar-refractivity contribution in [2.24, 2.45) is 0 Å². The summed E-state index contributed by atoms with van der Waals surface area (Å²) in [7, 11) is 0. The minimum Gasteiger partial charge on any atom is -0.454 e. The van der Waals surface area contributed by atoms with Gasteiger partial charge in [-0.25, -0.2) is 0 Å². The Morgan fingerprint density at radius 1 is 1.12 bits per heavy atom. The molecule has 2 heterocycles. The molecule has 0 N–H and O–H groups in total. The van der Waals surface area contributed by atoms with Gasteiger partial charge in [0.1, 0.15) is 0 Å². The van der Waals surface area contributed by atoms with Gasteiger partial charge in [0.05, 0.1) is 4.92 Å². The first-order valence-corrected chi connectivity index (χ1v) is 8.05. The van der Waals surface area contributed by atoms with Crippen LogP contribution in [0.5, 0.6) is 11.5 Å². The van der Waals surface area contributed by atoms with Gasteiger partial charge in [-0.05, 0) is 36.2 Å². The van der Waals surface area contributed by atoms with Gasteiger partial charge in [-0.15, -0.1) is 0 Å². The molecule has 0 spiro atoms. The second kappa shape index (κ2) is 6.08. The van der Waals surface area contributed by atoms with Crippen LogP contribution in [-0.2, 0) is 0 Å². The molecule has 1 fully saturated rings. The van der Waals surface area contributed by atoms with E-state index in [1.807, 2.05) is 18.2 Å². The number of likely N-dealkylation sites (tertiary alicyclic amines) is 1. The summed E-state index contributed by atoms with van der Waals surface area (Å²) in [6.45, 7) is 1.53. The summed E-state index contributed by atoms with van der Waals surface area (Å²) < 4.78 is 10.7. The molecule has 25 heavy (non-hydrogen) atoms. The monoisotopic (exact) mass is 340 g/mol. The number of carbonyl (C=O) groups is 1. The minimum atomic E-state index is -0.472. The molecule has 1 saturated heterocycles. The lowest BCUT2D eigenvalue weighted by Crippen LogP contribution is -2.28. The number of nitrogens with zero attached hydrogens (tertiary/aromatic N) is 2. The van der Waals surface area contributed by atoms with Crippen molar-refractivity contribution in [3.63, 3.8) is 0 Å². The highest BCUT2D eigenvalue weighted by Crippen LogP contribution is 2.37. The number of ether oxygens (including phenoxy) is 2. The number of rotatable bonds is 3. The van der Waals surface area contributed by atoms with Gasteiger partial charge in [-0.1, -0.05) is 6.07 Å². The third-order valence-corrected chi connectivity index (χ3v) is 4.67. The third-order valence-electron chi connectivity index (χ3n) is 4.67. The summed E-state index contributed by atoms with van der Waals surface area (Å²) in [6, 6.07) is 11.6. The van der Waals surface area contributed by atoms with E-state index in [1.54, 1.807) is 4.90 Å². The Labute approximate surface area is 143 Å². The Kier molecular flexibility index (Phi) is 3.76. The van der Waals surface area contributed by atoms with E-state index in [0.29, 0.717) is 18.7 Å². The van der Waals surface area contributed by atoms with E-state index in [-0.39, 0.29) is 24.3 Å². The number of hydrogen-bond donors (Lipinski definition) is 0. The SMILES string of the molecule is O=C(c1ccc([N+](=O)[O-])cc1)N1CCC(c2ccc3c(c2)OCO3)C1. The van der Waals surface area contributed by atoms with Crippen LogP contribution in [0.1, 0.15) is 28.3 Å². The van der Waals surface area contributed by atoms with Gasteiger partial charge >= 0.3 is 0 Å². The molecule has 1 amide bonds. The summed E-state index contributed by atoms with van der Waals surface area (Å²) in [5, 5.41) is 10.7. The van der Waals surface area contributed by atoms with Crippen LogP contribution in [0.15, 0.2) is 42.5 Å². The van der Waals surface area contributed by atoms with Crippen LogP contribution in [0, 0.1) is 10.1 Å². The fourth-order valence-electron chi connectivity index (χ4n) is 3.29. The van der Waals surface area contributed by atoms with Crippen molar-refractivity contribution in [3.8, 4) is 11.5 Å². The zero-order valence-electron chi connectivity index (χ0n) is 13.4. The first-order valence-electron chi connectivity index (χ1n) is 8.05. The van der Waals surface area contributed by atoms with Crippen molar-refractivity contribution in [2.75, 3.05) is 19.9 Å². The van der Waals surface area contributed by atoms with Crippen LogP contribution in [0.4, 0.5) is 5.69 Å². The molecule has 7 nitrogen and oxygen atoms in total. The molecule has 0 saturated carbocycles. The zero-order valence-corrected chi connectivity index (χ0v) is 13.4. The van der Waals surface area contributed by atoms with Crippen molar-refractivity contribution in [2.45, 2.75) is 12.3 Å². The molecule has 0 aliphatic carbocycles. The van der Waals surface area contributed by atoms with Crippen LogP contribution < -0.4 is 9.47 Å². The fourth-order valence-corrected chi connectivity index (χ4v) is 3.29. The van der Waals surface area contributed by atoms with Crippen molar-refractivity contribution < 1.29 is 19.2 Å². The van der Waals surface area contributed by atoms with Gasteiger partial charge in [0, 0.05) is 36.7 Å². The lowest BCUT2D eigenvalue weighted by Gasteiger charge is -2.17. The normalized spacial score (nSPS) is 18.4. The maximum atomic E-state index is 12.6. The quantitative estimate of drug-likeness (QED) is 0.634. The Balaban J connectivity index is 1.46. The molecule has 0 aromatic heterocycles. The van der Waals surface area contributed by atoms with E-state index in [9.17, 15) is 14.9 Å². The van der Waals surface area contributed by atoms with Gasteiger partial charge in [-0.3, -0.25) is 14.9 Å². The summed E-state index contributed by atoms with van der Waals surface area (Å²) in [5.74, 6) is 1.65. The minimum absolute atomic E-state index is 0.0174. The number of benzene rings is 2. The van der Waals surface area contributed by atoms with Crippen LogP contribution in [0.3, 0.4) is 0 Å². The average Bonchev–Trinajstić information content (AvgIpc) is 3.29. The Hall–Kier alpha value is -3.09. The summed E-state index contributed by atoms with van der Waals surface area (Å²) in [5.41, 5.74) is 1.58. The Morgan fingerprint density at radius 3 is 2.64 bits per heavy atom. The number of fused-ring (bicyclic) bond motifs is 1. The standard InChI is InChI=1S/C18H16N2O5/c21-18(12-1-4-15(5-2-12)20(22)23)19-8-7-14(10-19)13-3-6-16-17(9-13)25-11-24-16/h1-6,9,14H,7-8,10-11H2. The summed E-state index contributed by atoms with van der Waals surface area (Å²) in [4.78, 5) is 24.6. The smallest absolute Gasteiger partial charge is 0.269 e. The maximum absolute atomic E-state index is 12.6. The highest BCUT2D eigenvalue weighted by molar-refractivity contribution is 5.94. The van der Waals surface area contributed by atoms with Gasteiger partial charge in [0.2, 0.25) is 6.79 Å². The second-order valence-corrected chi connectivity index (χ2v) is 6.15. The van der Waals surface area contributed by atoms with E-state index in [1.165, 1.54) is 24.3 Å². The van der Waals surface area contributed by atoms with E-state index < -0.39 is 4.92 Å². The predicted octanol–water partition coefficient (Wildman–Crippen LogP) is 2.95. The number of hydrogen-bond acceptors (Lipinski definition) is 5. The maximum Gasteiger partial charge on any atom is 0.269 e. The lowest BCUT2D eigenvalue weighted by molar-refractivity contribution is -0.384. The van der Waals surface area contributed by atoms with Crippen molar-refractivity contribution in [3.05, 3.63) is 63.7 Å². The second-order valence-electron chi connectivity index (χ2n) is 6.15. The molecule has 1 unspecified atom stereocenters. The Bertz CT molecular complexity index is 834. The molecule has 2 aromatic carbocycles. The molecule has 128 valence electrons. The van der Waals surface area contributed by atoms with E-state index in [2.05, 4.69) is 0 Å². The largest absolute Gasteiger partial charge is 0.454 e. The fraction of sp³-hybridized carbons (Fsp3) is 0.278. The van der Waals surface area contributed by atoms with Gasteiger partial charge in [0.15, 0.2) is 11.5 Å². The topological polar surface area (TPSA) is 81.9 Å². The van der Waals surface area contributed by atoms with Crippen LogP contribution in [-0.4, -0.2) is 35.6 Å². The van der Waals surface area contributed by atoms with Gasteiger partial charge < -0.3 is 14.4 Å². The molecule has 2 aliphatic rings.